The first-order valence-electron chi connectivity index (χ1n) is 19.8. The molecule has 288 valence electrons. The summed E-state index contributed by atoms with van der Waals surface area (Å²) in [5, 5.41) is 6.86. The van der Waals surface area contributed by atoms with Gasteiger partial charge in [0.15, 0.2) is 0 Å². The lowest BCUT2D eigenvalue weighted by atomic mass is 9.87. The third-order valence-corrected chi connectivity index (χ3v) is 12.7. The molecular formula is C44H56N4O5S. The first-order chi connectivity index (χ1) is 26.3. The molecule has 0 spiro atoms. The van der Waals surface area contributed by atoms with Crippen LogP contribution in [0.1, 0.15) is 74.5 Å². The van der Waals surface area contributed by atoms with E-state index in [-0.39, 0.29) is 40.9 Å². The van der Waals surface area contributed by atoms with Crippen molar-refractivity contribution in [1.82, 2.24) is 15.5 Å². The predicted molar refractivity (Wildman–Crippen MR) is 215 cm³/mol. The van der Waals surface area contributed by atoms with Crippen molar-refractivity contribution in [2.24, 2.45) is 11.8 Å². The van der Waals surface area contributed by atoms with Gasteiger partial charge in [0.25, 0.3) is 0 Å². The maximum Gasteiger partial charge on any atom is 0.328 e. The smallest absolute Gasteiger partial charge is 0.328 e. The molecule has 3 fully saturated rings. The van der Waals surface area contributed by atoms with Crippen LogP contribution in [0.25, 0.3) is 0 Å². The number of fused-ring (bicyclic) bond motifs is 1. The van der Waals surface area contributed by atoms with Crippen molar-refractivity contribution >= 4 is 41.1 Å². The summed E-state index contributed by atoms with van der Waals surface area (Å²) in [4.78, 5) is 58.7. The van der Waals surface area contributed by atoms with Crippen LogP contribution in [0.2, 0.25) is 0 Å². The number of anilines is 1. The van der Waals surface area contributed by atoms with E-state index >= 15 is 0 Å². The highest BCUT2D eigenvalue weighted by molar-refractivity contribution is 7.99. The topological polar surface area (TPSA) is 108 Å². The lowest BCUT2D eigenvalue weighted by Gasteiger charge is -2.40. The third-order valence-electron chi connectivity index (χ3n) is 11.4. The van der Waals surface area contributed by atoms with E-state index in [9.17, 15) is 19.2 Å². The van der Waals surface area contributed by atoms with Gasteiger partial charge in [-0.1, -0.05) is 78.9 Å². The van der Waals surface area contributed by atoms with Gasteiger partial charge < -0.3 is 25.2 Å². The Kier molecular flexibility index (Phi) is 14.2. The average Bonchev–Trinajstić information content (AvgIpc) is 3.48. The van der Waals surface area contributed by atoms with Gasteiger partial charge in [-0.2, -0.15) is 0 Å². The van der Waals surface area contributed by atoms with Crippen LogP contribution in [-0.4, -0.2) is 78.0 Å². The van der Waals surface area contributed by atoms with E-state index < -0.39 is 18.1 Å². The number of hydrogen-bond acceptors (Lipinski definition) is 7. The molecule has 0 radical (unpaired) electrons. The summed E-state index contributed by atoms with van der Waals surface area (Å²) in [5.41, 5.74) is 4.24. The van der Waals surface area contributed by atoms with Gasteiger partial charge in [0.2, 0.25) is 17.7 Å². The van der Waals surface area contributed by atoms with E-state index in [1.54, 1.807) is 16.7 Å². The van der Waals surface area contributed by atoms with Gasteiger partial charge in [0.05, 0.1) is 18.5 Å². The number of ether oxygens (including phenoxy) is 1. The molecule has 3 aromatic rings. The summed E-state index contributed by atoms with van der Waals surface area (Å²) >= 11 is 1.76. The van der Waals surface area contributed by atoms with E-state index in [1.165, 1.54) is 12.7 Å². The number of nitrogens with one attached hydrogen (secondary N) is 2. The zero-order valence-corrected chi connectivity index (χ0v) is 32.6. The van der Waals surface area contributed by atoms with Gasteiger partial charge in [-0.15, -0.1) is 11.8 Å². The number of para-hydroxylation sites is 1. The molecule has 2 N–H and O–H groups in total. The van der Waals surface area contributed by atoms with Crippen LogP contribution in [0.5, 0.6) is 0 Å². The van der Waals surface area contributed by atoms with E-state index in [1.807, 2.05) is 72.5 Å². The van der Waals surface area contributed by atoms with E-state index in [2.05, 4.69) is 34.9 Å². The largest absolute Gasteiger partial charge is 0.467 e. The Bertz CT molecular complexity index is 1710. The molecule has 6 atom stereocenters. The van der Waals surface area contributed by atoms with Crippen molar-refractivity contribution in [2.75, 3.05) is 30.9 Å². The third kappa shape index (κ3) is 10.1. The van der Waals surface area contributed by atoms with E-state index in [0.29, 0.717) is 45.2 Å². The second kappa shape index (κ2) is 19.4. The summed E-state index contributed by atoms with van der Waals surface area (Å²) < 4.78 is 5.12. The number of aryl methyl sites for hydroxylation is 1. The Morgan fingerprint density at radius 2 is 1.50 bits per heavy atom. The summed E-state index contributed by atoms with van der Waals surface area (Å²) in [5.74, 6) is 0.154. The van der Waals surface area contributed by atoms with E-state index in [0.717, 1.165) is 61.1 Å². The zero-order valence-electron chi connectivity index (χ0n) is 31.8. The Hall–Kier alpha value is -4.15. The number of esters is 1. The number of rotatable bonds is 14. The Balaban J connectivity index is 1.17. The van der Waals surface area contributed by atoms with Crippen molar-refractivity contribution in [3.8, 4) is 0 Å². The number of nitrogens with zero attached hydrogens (tertiary/aromatic N) is 2. The molecule has 0 aliphatic carbocycles. The van der Waals surface area contributed by atoms with Crippen LogP contribution in [0.4, 0.5) is 5.69 Å². The number of piperidine rings is 1. The highest BCUT2D eigenvalue weighted by Crippen LogP contribution is 2.35. The first-order valence-corrected chi connectivity index (χ1v) is 20.9. The highest BCUT2D eigenvalue weighted by atomic mass is 32.2. The normalized spacial score (nSPS) is 23.1. The monoisotopic (exact) mass is 752 g/mol. The molecule has 0 aromatic heterocycles. The summed E-state index contributed by atoms with van der Waals surface area (Å²) in [6.45, 7) is 3.26. The zero-order chi connectivity index (χ0) is 37.9. The standard InChI is InChI=1S/C44H56N4O5S/c1-31-14-9-10-20-38(31)47-26-12-11-19-37(42(47)50)46-41(49)35(29-33-17-7-4-8-18-33)24-23-34(28-32-15-5-3-6-16-32)30-45-36-25-27-54-40-22-13-21-39(44(52)53-2)48(40)43(36)51/h3-10,14-18,20,34-37,39-40,45H,11-13,19,21-30H2,1-2H3,(H,46,49)/t34-,35-,36?,37+,39?,40?/m1/s1. The van der Waals surface area contributed by atoms with Crippen molar-refractivity contribution in [2.45, 2.75) is 101 Å². The van der Waals surface area contributed by atoms with Gasteiger partial charge in [-0.05, 0) is 119 Å². The first kappa shape index (κ1) is 39.5. The van der Waals surface area contributed by atoms with Crippen molar-refractivity contribution in [1.29, 1.82) is 0 Å². The molecule has 0 bridgehead atoms. The number of carbonyl (C=O) groups excluding carboxylic acids is 4. The average molecular weight is 753 g/mol. The minimum absolute atomic E-state index is 0.0105. The SMILES string of the molecule is COC(=O)C1CCCC2SCCC(NC[C@H](CC[C@H](Cc3ccccc3)C(=O)N[C@H]3CCCCN(c4ccccc4C)C3=O)Cc3ccccc3)C(=O)N21. The predicted octanol–water partition coefficient (Wildman–Crippen LogP) is 6.47. The summed E-state index contributed by atoms with van der Waals surface area (Å²) in [7, 11) is 1.39. The van der Waals surface area contributed by atoms with Gasteiger partial charge in [0.1, 0.15) is 12.1 Å². The molecule has 3 unspecified atom stereocenters. The maximum absolute atomic E-state index is 14.3. The molecular weight excluding hydrogens is 697 g/mol. The molecule has 6 rings (SSSR count). The van der Waals surface area contributed by atoms with Crippen LogP contribution in [0.15, 0.2) is 84.9 Å². The molecule has 3 amide bonds. The molecule has 0 saturated carbocycles. The number of hydrogen-bond donors (Lipinski definition) is 2. The quantitative estimate of drug-likeness (QED) is 0.182. The Morgan fingerprint density at radius 3 is 2.22 bits per heavy atom. The number of carbonyl (C=O) groups is 4. The minimum Gasteiger partial charge on any atom is -0.467 e. The van der Waals surface area contributed by atoms with Crippen LogP contribution >= 0.6 is 11.8 Å². The van der Waals surface area contributed by atoms with Crippen molar-refractivity contribution in [3.63, 3.8) is 0 Å². The lowest BCUT2D eigenvalue weighted by Crippen LogP contribution is -2.57. The van der Waals surface area contributed by atoms with Crippen LogP contribution in [0.3, 0.4) is 0 Å². The number of amides is 3. The molecule has 54 heavy (non-hydrogen) atoms. The second-order valence-electron chi connectivity index (χ2n) is 15.1. The minimum atomic E-state index is -0.578. The molecule has 3 aromatic carbocycles. The van der Waals surface area contributed by atoms with E-state index in [4.69, 9.17) is 4.74 Å². The molecule has 3 aliphatic rings. The fourth-order valence-corrected chi connectivity index (χ4v) is 9.76. The van der Waals surface area contributed by atoms with Gasteiger partial charge >= 0.3 is 5.97 Å². The highest BCUT2D eigenvalue weighted by Gasteiger charge is 2.43. The second-order valence-corrected chi connectivity index (χ2v) is 16.4. The molecule has 10 heteroatoms. The lowest BCUT2D eigenvalue weighted by molar-refractivity contribution is -0.156. The van der Waals surface area contributed by atoms with Crippen LogP contribution in [0, 0.1) is 18.8 Å². The Morgan fingerprint density at radius 1 is 0.796 bits per heavy atom. The van der Waals surface area contributed by atoms with Gasteiger partial charge in [-0.3, -0.25) is 14.4 Å². The molecule has 9 nitrogen and oxygen atoms in total. The fourth-order valence-electron chi connectivity index (χ4n) is 8.37. The number of benzene rings is 3. The van der Waals surface area contributed by atoms with Crippen molar-refractivity contribution in [3.05, 3.63) is 102 Å². The number of methoxy groups -OCH3 is 1. The summed E-state index contributed by atoms with van der Waals surface area (Å²) in [6, 6.07) is 26.9. The summed E-state index contributed by atoms with van der Waals surface area (Å²) in [6.07, 6.45) is 8.23. The van der Waals surface area contributed by atoms with Gasteiger partial charge in [-0.25, -0.2) is 4.79 Å². The molecule has 3 heterocycles. The Labute approximate surface area is 325 Å². The number of thioether (sulfide) groups is 1. The van der Waals surface area contributed by atoms with Gasteiger partial charge in [0, 0.05) is 18.2 Å². The molecule has 3 aliphatic heterocycles. The van der Waals surface area contributed by atoms with Crippen LogP contribution in [-0.2, 0) is 36.8 Å². The molecule has 3 saturated heterocycles. The fraction of sp³-hybridized carbons (Fsp3) is 0.500. The maximum atomic E-state index is 14.3. The van der Waals surface area contributed by atoms with Crippen LogP contribution < -0.4 is 15.5 Å². The van der Waals surface area contributed by atoms with Crippen molar-refractivity contribution < 1.29 is 23.9 Å².